The van der Waals surface area contributed by atoms with Crippen molar-refractivity contribution in [1.29, 1.82) is 0 Å². The smallest absolute Gasteiger partial charge is 0.416 e. The molecule has 8 heteroatoms. The highest BCUT2D eigenvalue weighted by Gasteiger charge is 2.30. The summed E-state index contributed by atoms with van der Waals surface area (Å²) in [6.07, 6.45) is 1.43. The minimum atomic E-state index is -4.44. The second kappa shape index (κ2) is 7.38. The van der Waals surface area contributed by atoms with Crippen molar-refractivity contribution in [1.82, 2.24) is 15.3 Å². The number of amides is 1. The first kappa shape index (κ1) is 17.7. The molecule has 26 heavy (non-hydrogen) atoms. The van der Waals surface area contributed by atoms with E-state index in [1.165, 1.54) is 37.1 Å². The molecule has 1 amide bonds. The van der Waals surface area contributed by atoms with E-state index in [9.17, 15) is 18.0 Å². The monoisotopic (exact) mass is 361 g/mol. The van der Waals surface area contributed by atoms with Gasteiger partial charge < -0.3 is 9.73 Å². The molecule has 0 unspecified atom stereocenters. The minimum absolute atomic E-state index is 0.103. The van der Waals surface area contributed by atoms with Gasteiger partial charge in [-0.25, -0.2) is 0 Å². The van der Waals surface area contributed by atoms with Crippen LogP contribution in [-0.4, -0.2) is 15.9 Å². The summed E-state index contributed by atoms with van der Waals surface area (Å²) in [5.41, 5.74) is 1.33. The fourth-order valence-electron chi connectivity index (χ4n) is 2.42. The van der Waals surface area contributed by atoms with E-state index in [1.54, 1.807) is 6.07 Å². The molecule has 0 saturated heterocycles. The number of nitrogens with zero attached hydrogens (tertiary/aromatic N) is 2. The van der Waals surface area contributed by atoms with E-state index in [2.05, 4.69) is 15.3 Å². The Kier molecular flexibility index (Phi) is 5.01. The van der Waals surface area contributed by atoms with Gasteiger partial charge in [-0.05, 0) is 17.7 Å². The molecule has 0 saturated carbocycles. The first-order valence-electron chi connectivity index (χ1n) is 7.69. The molecule has 0 aliphatic heterocycles. The van der Waals surface area contributed by atoms with Crippen molar-refractivity contribution in [3.8, 4) is 11.3 Å². The standard InChI is InChI=1S/C18H14F3N3O2/c19-18(20,21)14-3-1-2-12(8-14)9-16(25)24-10-15-17(23-6-5-22-15)13-4-7-26-11-13/h1-8,11H,9-10H2,(H,24,25). The summed E-state index contributed by atoms with van der Waals surface area (Å²) in [6, 6.07) is 6.42. The van der Waals surface area contributed by atoms with Crippen LogP contribution in [0.4, 0.5) is 13.2 Å². The molecular weight excluding hydrogens is 347 g/mol. The van der Waals surface area contributed by atoms with E-state index in [1.807, 2.05) is 0 Å². The fourth-order valence-corrected chi connectivity index (χ4v) is 2.42. The second-order valence-corrected chi connectivity index (χ2v) is 5.52. The quantitative estimate of drug-likeness (QED) is 0.754. The number of benzene rings is 1. The highest BCUT2D eigenvalue weighted by atomic mass is 19.4. The molecule has 1 aromatic carbocycles. The zero-order valence-electron chi connectivity index (χ0n) is 13.5. The molecule has 5 nitrogen and oxygen atoms in total. The van der Waals surface area contributed by atoms with Gasteiger partial charge in [0.15, 0.2) is 0 Å². The van der Waals surface area contributed by atoms with Crippen molar-refractivity contribution in [2.75, 3.05) is 0 Å². The maximum absolute atomic E-state index is 12.7. The first-order chi connectivity index (χ1) is 12.4. The third-order valence-electron chi connectivity index (χ3n) is 3.64. The van der Waals surface area contributed by atoms with E-state index in [-0.39, 0.29) is 18.5 Å². The Labute approximate surface area is 146 Å². The van der Waals surface area contributed by atoms with Gasteiger partial charge in [-0.15, -0.1) is 0 Å². The van der Waals surface area contributed by atoms with Gasteiger partial charge in [0.25, 0.3) is 0 Å². The average Bonchev–Trinajstić information content (AvgIpc) is 3.14. The molecule has 2 heterocycles. The molecular formula is C18H14F3N3O2. The Hall–Kier alpha value is -3.16. The highest BCUT2D eigenvalue weighted by molar-refractivity contribution is 5.78. The van der Waals surface area contributed by atoms with Crippen molar-refractivity contribution in [2.24, 2.45) is 0 Å². The van der Waals surface area contributed by atoms with Crippen LogP contribution in [0.3, 0.4) is 0 Å². The van der Waals surface area contributed by atoms with Gasteiger partial charge in [0.2, 0.25) is 5.91 Å². The van der Waals surface area contributed by atoms with E-state index in [0.29, 0.717) is 11.4 Å². The number of carbonyl (C=O) groups excluding carboxylic acids is 1. The number of hydrogen-bond acceptors (Lipinski definition) is 4. The molecule has 134 valence electrons. The predicted octanol–water partition coefficient (Wildman–Crippen LogP) is 3.61. The number of furan rings is 1. The third-order valence-corrected chi connectivity index (χ3v) is 3.64. The summed E-state index contributed by atoms with van der Waals surface area (Å²) in [4.78, 5) is 20.5. The summed E-state index contributed by atoms with van der Waals surface area (Å²) in [7, 11) is 0. The van der Waals surface area contributed by atoms with E-state index in [4.69, 9.17) is 4.42 Å². The zero-order chi connectivity index (χ0) is 18.6. The van der Waals surface area contributed by atoms with Crippen LogP contribution in [0, 0.1) is 0 Å². The lowest BCUT2D eigenvalue weighted by Crippen LogP contribution is -2.25. The van der Waals surface area contributed by atoms with Crippen molar-refractivity contribution >= 4 is 5.91 Å². The van der Waals surface area contributed by atoms with Crippen LogP contribution in [0.15, 0.2) is 59.7 Å². The molecule has 1 N–H and O–H groups in total. The Morgan fingerprint density at radius 2 is 1.96 bits per heavy atom. The van der Waals surface area contributed by atoms with Gasteiger partial charge in [0, 0.05) is 18.0 Å². The summed E-state index contributed by atoms with van der Waals surface area (Å²) >= 11 is 0. The maximum atomic E-state index is 12.7. The van der Waals surface area contributed by atoms with Crippen molar-refractivity contribution < 1.29 is 22.4 Å². The SMILES string of the molecule is O=C(Cc1cccc(C(F)(F)F)c1)NCc1nccnc1-c1ccoc1. The van der Waals surface area contributed by atoms with Crippen LogP contribution < -0.4 is 5.32 Å². The van der Waals surface area contributed by atoms with Gasteiger partial charge in [-0.1, -0.05) is 18.2 Å². The molecule has 3 rings (SSSR count). The number of hydrogen-bond donors (Lipinski definition) is 1. The van der Waals surface area contributed by atoms with Gasteiger partial charge in [0.1, 0.15) is 0 Å². The molecule has 3 aromatic rings. The Bertz CT molecular complexity index is 893. The van der Waals surface area contributed by atoms with Crippen molar-refractivity contribution in [2.45, 2.75) is 19.1 Å². The van der Waals surface area contributed by atoms with Gasteiger partial charge in [-0.2, -0.15) is 13.2 Å². The molecule has 0 bridgehead atoms. The highest BCUT2D eigenvalue weighted by Crippen LogP contribution is 2.29. The number of rotatable bonds is 5. The average molecular weight is 361 g/mol. The normalized spacial score (nSPS) is 11.3. The third kappa shape index (κ3) is 4.27. The summed E-state index contributed by atoms with van der Waals surface area (Å²) in [5, 5.41) is 2.65. The lowest BCUT2D eigenvalue weighted by molar-refractivity contribution is -0.137. The zero-order valence-corrected chi connectivity index (χ0v) is 13.5. The van der Waals surface area contributed by atoms with Gasteiger partial charge in [0.05, 0.1) is 42.4 Å². The Morgan fingerprint density at radius 1 is 1.15 bits per heavy atom. The molecule has 0 atom stereocenters. The number of halogens is 3. The van der Waals surface area contributed by atoms with Gasteiger partial charge in [-0.3, -0.25) is 14.8 Å². The largest absolute Gasteiger partial charge is 0.472 e. The van der Waals surface area contributed by atoms with Crippen LogP contribution in [0.2, 0.25) is 0 Å². The molecule has 0 aliphatic carbocycles. The van der Waals surface area contributed by atoms with Crippen molar-refractivity contribution in [3.05, 3.63) is 72.1 Å². The molecule has 0 fully saturated rings. The van der Waals surface area contributed by atoms with E-state index in [0.717, 1.165) is 17.7 Å². The number of nitrogens with one attached hydrogen (secondary N) is 1. The molecule has 0 radical (unpaired) electrons. The lowest BCUT2D eigenvalue weighted by atomic mass is 10.1. The van der Waals surface area contributed by atoms with Crippen LogP contribution >= 0.6 is 0 Å². The Morgan fingerprint density at radius 3 is 2.69 bits per heavy atom. The second-order valence-electron chi connectivity index (χ2n) is 5.52. The van der Waals surface area contributed by atoms with E-state index >= 15 is 0 Å². The summed E-state index contributed by atoms with van der Waals surface area (Å²) in [6.45, 7) is 0.103. The van der Waals surface area contributed by atoms with Crippen LogP contribution in [0.25, 0.3) is 11.3 Å². The van der Waals surface area contributed by atoms with Crippen molar-refractivity contribution in [3.63, 3.8) is 0 Å². The van der Waals surface area contributed by atoms with Crippen LogP contribution in [0.1, 0.15) is 16.8 Å². The molecule has 2 aromatic heterocycles. The Balaban J connectivity index is 1.66. The van der Waals surface area contributed by atoms with E-state index < -0.39 is 17.6 Å². The fraction of sp³-hybridized carbons (Fsp3) is 0.167. The number of carbonyl (C=O) groups is 1. The maximum Gasteiger partial charge on any atom is 0.416 e. The minimum Gasteiger partial charge on any atom is -0.472 e. The van der Waals surface area contributed by atoms with Gasteiger partial charge >= 0.3 is 6.18 Å². The number of aromatic nitrogens is 2. The first-order valence-corrected chi connectivity index (χ1v) is 7.69. The molecule has 0 spiro atoms. The predicted molar refractivity (Wildman–Crippen MR) is 86.7 cm³/mol. The summed E-state index contributed by atoms with van der Waals surface area (Å²) < 4.78 is 43.2. The topological polar surface area (TPSA) is 68.0 Å². The molecule has 0 aliphatic rings. The lowest BCUT2D eigenvalue weighted by Gasteiger charge is -2.10. The van der Waals surface area contributed by atoms with Crippen LogP contribution in [0.5, 0.6) is 0 Å². The number of alkyl halides is 3. The summed E-state index contributed by atoms with van der Waals surface area (Å²) in [5.74, 6) is -0.409. The van der Waals surface area contributed by atoms with Crippen LogP contribution in [-0.2, 0) is 23.9 Å².